The number of fused-ring (bicyclic) bond motifs is 12. The van der Waals surface area contributed by atoms with Crippen molar-refractivity contribution in [2.45, 2.75) is 6.42 Å². The van der Waals surface area contributed by atoms with Crippen LogP contribution in [-0.2, 0) is 6.42 Å². The summed E-state index contributed by atoms with van der Waals surface area (Å²) in [5.41, 5.74) is 11.1. The maximum Gasteiger partial charge on any atom is 0.240 e. The Morgan fingerprint density at radius 3 is 1.38 bits per heavy atom. The van der Waals surface area contributed by atoms with E-state index in [-0.39, 0.29) is 0 Å². The molecule has 0 fully saturated rings. The van der Waals surface area contributed by atoms with Crippen molar-refractivity contribution in [1.29, 1.82) is 0 Å². The Morgan fingerprint density at radius 2 is 0.758 bits per heavy atom. The maximum absolute atomic E-state index is 5.45. The zero-order valence-corrected chi connectivity index (χ0v) is 35.7. The van der Waals surface area contributed by atoms with Gasteiger partial charge in [-0.15, -0.1) is 0 Å². The Bertz CT molecular complexity index is 4220. The van der Waals surface area contributed by atoms with Crippen LogP contribution in [0.1, 0.15) is 11.1 Å². The minimum atomic E-state index is 0.556. The number of hydrogen-bond donors (Lipinski definition) is 0. The fraction of sp³-hybridized carbons (Fsp3) is 0.0167. The SMILES string of the molecule is c1ccc(-c2nc(-n3c4ccccc4c4cc(Cc5cc6ccccc6c6ccccc56)ccc43)nc(-n3c4ccccc4c4cc(-n5c6ccccc6c6ccccc65)ccc43)n2)cc1. The topological polar surface area (TPSA) is 53.5 Å². The van der Waals surface area contributed by atoms with Crippen LogP contribution >= 0.6 is 0 Å². The van der Waals surface area contributed by atoms with Crippen LogP contribution in [0.2, 0.25) is 0 Å². The lowest BCUT2D eigenvalue weighted by Gasteiger charge is -2.13. The van der Waals surface area contributed by atoms with Crippen LogP contribution in [-0.4, -0.2) is 28.7 Å². The lowest BCUT2D eigenvalue weighted by Crippen LogP contribution is -2.10. The van der Waals surface area contributed by atoms with Crippen LogP contribution in [0.5, 0.6) is 0 Å². The molecule has 6 heteroatoms. The van der Waals surface area contributed by atoms with E-state index in [9.17, 15) is 0 Å². The highest BCUT2D eigenvalue weighted by atomic mass is 15.3. The summed E-state index contributed by atoms with van der Waals surface area (Å²) < 4.78 is 6.80. The van der Waals surface area contributed by atoms with Gasteiger partial charge in [0.15, 0.2) is 5.82 Å². The first-order valence-electron chi connectivity index (χ1n) is 22.5. The molecule has 0 saturated heterocycles. The van der Waals surface area contributed by atoms with Gasteiger partial charge in [0.2, 0.25) is 11.9 Å². The molecular weight excluding hydrogens is 805 g/mol. The third-order valence-corrected chi connectivity index (χ3v) is 13.5. The average Bonchev–Trinajstić information content (AvgIpc) is 4.02. The zero-order valence-electron chi connectivity index (χ0n) is 35.7. The Kier molecular flexibility index (Phi) is 7.94. The predicted octanol–water partition coefficient (Wildman–Crippen LogP) is 14.7. The lowest BCUT2D eigenvalue weighted by molar-refractivity contribution is 0.892. The molecule has 0 unspecified atom stereocenters. The fourth-order valence-corrected chi connectivity index (χ4v) is 10.6. The van der Waals surface area contributed by atoms with Gasteiger partial charge >= 0.3 is 0 Å². The van der Waals surface area contributed by atoms with Crippen molar-refractivity contribution in [3.8, 4) is 29.0 Å². The summed E-state index contributed by atoms with van der Waals surface area (Å²) in [6.45, 7) is 0. The van der Waals surface area contributed by atoms with Crippen molar-refractivity contribution in [2.75, 3.05) is 0 Å². The molecule has 0 spiro atoms. The van der Waals surface area contributed by atoms with Crippen LogP contribution in [0.15, 0.2) is 218 Å². The highest BCUT2D eigenvalue weighted by Crippen LogP contribution is 2.39. The van der Waals surface area contributed by atoms with Gasteiger partial charge in [0.25, 0.3) is 0 Å². The molecule has 6 nitrogen and oxygen atoms in total. The first-order valence-corrected chi connectivity index (χ1v) is 22.5. The smallest absolute Gasteiger partial charge is 0.240 e. The average molecular weight is 843 g/mol. The van der Waals surface area contributed by atoms with Gasteiger partial charge in [-0.2, -0.15) is 15.0 Å². The first kappa shape index (κ1) is 36.6. The minimum absolute atomic E-state index is 0.556. The van der Waals surface area contributed by atoms with E-state index in [2.05, 4.69) is 214 Å². The maximum atomic E-state index is 5.45. The lowest BCUT2D eigenvalue weighted by atomic mass is 9.93. The fourth-order valence-electron chi connectivity index (χ4n) is 10.6. The van der Waals surface area contributed by atoms with Crippen LogP contribution in [0.4, 0.5) is 0 Å². The summed E-state index contributed by atoms with van der Waals surface area (Å²) >= 11 is 0. The number of nitrogens with zero attached hydrogens (tertiary/aromatic N) is 6. The number of rotatable bonds is 6. The summed E-state index contributed by atoms with van der Waals surface area (Å²) in [6, 6.07) is 78.2. The van der Waals surface area contributed by atoms with E-state index in [1.165, 1.54) is 54.5 Å². The minimum Gasteiger partial charge on any atom is -0.309 e. The molecule has 66 heavy (non-hydrogen) atoms. The molecule has 308 valence electrons. The highest BCUT2D eigenvalue weighted by molar-refractivity contribution is 6.13. The second-order valence-electron chi connectivity index (χ2n) is 17.2. The molecule has 0 saturated carbocycles. The van der Waals surface area contributed by atoms with Crippen molar-refractivity contribution in [2.24, 2.45) is 0 Å². The standard InChI is InChI=1S/C60H38N6/c1-2-16-39(17-3-1)58-61-59(65-54-28-14-10-24-48(54)50-35-38(30-32-56(50)65)34-41-36-40-18-4-5-19-43(40)45-21-7-6-20-44(41)45)63-60(62-58)66-55-29-15-11-25-49(55)51-37-42(31-33-57(51)66)64-52-26-12-8-22-46(52)47-23-9-13-27-53(47)64/h1-33,35-37H,34H2. The predicted molar refractivity (Wildman–Crippen MR) is 273 cm³/mol. The Morgan fingerprint density at radius 1 is 0.303 bits per heavy atom. The Hall–Kier alpha value is -8.87. The molecule has 0 N–H and O–H groups in total. The van der Waals surface area contributed by atoms with Crippen molar-refractivity contribution < 1.29 is 0 Å². The summed E-state index contributed by atoms with van der Waals surface area (Å²) in [4.78, 5) is 16.0. The summed E-state index contributed by atoms with van der Waals surface area (Å²) in [6.07, 6.45) is 0.807. The molecule has 0 aliphatic carbocycles. The third kappa shape index (κ3) is 5.52. The molecular formula is C60H38N6. The molecule has 0 aliphatic heterocycles. The Labute approximate surface area is 378 Å². The summed E-state index contributed by atoms with van der Waals surface area (Å²) in [5, 5.41) is 12.2. The normalized spacial score (nSPS) is 12.0. The molecule has 0 radical (unpaired) electrons. The molecule has 10 aromatic carbocycles. The van der Waals surface area contributed by atoms with Gasteiger partial charge in [0.1, 0.15) is 0 Å². The van der Waals surface area contributed by atoms with Gasteiger partial charge < -0.3 is 4.57 Å². The molecule has 14 aromatic rings. The van der Waals surface area contributed by atoms with E-state index in [0.717, 1.165) is 61.3 Å². The van der Waals surface area contributed by atoms with Crippen molar-refractivity contribution >= 4 is 87.0 Å². The summed E-state index contributed by atoms with van der Waals surface area (Å²) in [7, 11) is 0. The molecule has 4 aromatic heterocycles. The van der Waals surface area contributed by atoms with Crippen LogP contribution in [0, 0.1) is 0 Å². The zero-order chi connectivity index (χ0) is 43.3. The molecule has 0 atom stereocenters. The number of hydrogen-bond acceptors (Lipinski definition) is 3. The Balaban J connectivity index is 0.968. The van der Waals surface area contributed by atoms with Gasteiger partial charge in [-0.1, -0.05) is 164 Å². The molecule has 0 bridgehead atoms. The van der Waals surface area contributed by atoms with Crippen LogP contribution < -0.4 is 0 Å². The van der Waals surface area contributed by atoms with E-state index in [1.54, 1.807) is 0 Å². The van der Waals surface area contributed by atoms with E-state index in [1.807, 2.05) is 18.2 Å². The van der Waals surface area contributed by atoms with E-state index < -0.39 is 0 Å². The largest absolute Gasteiger partial charge is 0.309 e. The monoisotopic (exact) mass is 842 g/mol. The number of aromatic nitrogens is 6. The van der Waals surface area contributed by atoms with Crippen molar-refractivity contribution in [1.82, 2.24) is 28.7 Å². The highest BCUT2D eigenvalue weighted by Gasteiger charge is 2.22. The van der Waals surface area contributed by atoms with E-state index in [0.29, 0.717) is 17.7 Å². The van der Waals surface area contributed by atoms with Gasteiger partial charge in [-0.05, 0) is 93.7 Å². The molecule has 4 heterocycles. The van der Waals surface area contributed by atoms with Crippen LogP contribution in [0.25, 0.3) is 116 Å². The quantitative estimate of drug-likeness (QED) is 0.157. The van der Waals surface area contributed by atoms with Gasteiger partial charge in [-0.25, -0.2) is 0 Å². The van der Waals surface area contributed by atoms with Gasteiger partial charge in [0.05, 0.1) is 33.1 Å². The van der Waals surface area contributed by atoms with E-state index >= 15 is 0 Å². The second-order valence-corrected chi connectivity index (χ2v) is 17.2. The van der Waals surface area contributed by atoms with Gasteiger partial charge in [0, 0.05) is 43.6 Å². The molecule has 0 aliphatic rings. The molecule has 14 rings (SSSR count). The van der Waals surface area contributed by atoms with E-state index in [4.69, 9.17) is 15.0 Å². The molecule has 0 amide bonds. The summed E-state index contributed by atoms with van der Waals surface area (Å²) in [5.74, 6) is 1.72. The second kappa shape index (κ2) is 14.3. The van der Waals surface area contributed by atoms with Gasteiger partial charge in [-0.3, -0.25) is 9.13 Å². The number of para-hydroxylation sites is 4. The van der Waals surface area contributed by atoms with Crippen molar-refractivity contribution in [3.05, 3.63) is 230 Å². The van der Waals surface area contributed by atoms with Crippen LogP contribution in [0.3, 0.4) is 0 Å². The van der Waals surface area contributed by atoms with Crippen molar-refractivity contribution in [3.63, 3.8) is 0 Å². The third-order valence-electron chi connectivity index (χ3n) is 13.5. The first-order chi connectivity index (χ1) is 32.7. The number of benzene rings is 10.